The van der Waals surface area contributed by atoms with Crippen molar-refractivity contribution in [1.29, 1.82) is 0 Å². The number of nitrogens with one attached hydrogen (secondary N) is 8. The molecule has 320 valence electrons. The molecule has 10 N–H and O–H groups in total. The van der Waals surface area contributed by atoms with E-state index >= 15 is 0 Å². The van der Waals surface area contributed by atoms with E-state index in [2.05, 4.69) is 41.9 Å². The maximum atomic E-state index is 14.3. The van der Waals surface area contributed by atoms with E-state index in [0.717, 1.165) is 10.9 Å². The molecular weight excluding hydrogens is 777 g/mol. The van der Waals surface area contributed by atoms with Crippen LogP contribution in [0.1, 0.15) is 64.5 Å². The van der Waals surface area contributed by atoms with Crippen molar-refractivity contribution >= 4 is 69.2 Å². The first-order valence-corrected chi connectivity index (χ1v) is 19.8. The first-order valence-electron chi connectivity index (χ1n) is 19.8. The summed E-state index contributed by atoms with van der Waals surface area (Å²) in [4.78, 5) is 115. The van der Waals surface area contributed by atoms with Crippen molar-refractivity contribution in [1.82, 2.24) is 41.9 Å². The van der Waals surface area contributed by atoms with Crippen LogP contribution in [0.25, 0.3) is 21.8 Å². The molecule has 2 aromatic carbocycles. The van der Waals surface area contributed by atoms with Crippen LogP contribution in [-0.2, 0) is 51.2 Å². The quantitative estimate of drug-likeness (QED) is 0.0980. The van der Waals surface area contributed by atoms with E-state index in [4.69, 9.17) is 0 Å². The van der Waals surface area contributed by atoms with E-state index in [0.29, 0.717) is 22.0 Å². The van der Waals surface area contributed by atoms with Gasteiger partial charge in [0, 0.05) is 47.0 Å². The second-order valence-corrected chi connectivity index (χ2v) is 15.9. The first kappa shape index (κ1) is 44.4. The smallest absolute Gasteiger partial charge is 0.305 e. The summed E-state index contributed by atoms with van der Waals surface area (Å²) in [7, 11) is 0. The molecule has 1 aliphatic rings. The third-order valence-corrected chi connectivity index (χ3v) is 10.2. The molecule has 0 saturated carbocycles. The number of hydrogen-bond acceptors (Lipinski definition) is 8. The van der Waals surface area contributed by atoms with Gasteiger partial charge in [-0.15, -0.1) is 0 Å². The van der Waals surface area contributed by atoms with Gasteiger partial charge < -0.3 is 52.1 Å². The highest BCUT2D eigenvalue weighted by Crippen LogP contribution is 2.21. The van der Waals surface area contributed by atoms with Crippen molar-refractivity contribution < 1.29 is 48.6 Å². The topological polar surface area (TPSA) is 281 Å². The summed E-state index contributed by atoms with van der Waals surface area (Å²) in [6, 6.07) is 5.35. The van der Waals surface area contributed by atoms with E-state index in [-0.39, 0.29) is 37.5 Å². The predicted molar refractivity (Wildman–Crippen MR) is 219 cm³/mol. The van der Waals surface area contributed by atoms with Crippen LogP contribution in [0, 0.1) is 11.8 Å². The number of carbonyl (C=O) groups excluding carboxylic acids is 6. The van der Waals surface area contributed by atoms with Crippen molar-refractivity contribution in [2.24, 2.45) is 11.8 Å². The van der Waals surface area contributed by atoms with Gasteiger partial charge in [0.1, 0.15) is 36.3 Å². The maximum Gasteiger partial charge on any atom is 0.305 e. The number of carbonyl (C=O) groups is 8. The number of aromatic amines is 2. The highest BCUT2D eigenvalue weighted by atomic mass is 16.4. The Bertz CT molecular complexity index is 2250. The second-order valence-electron chi connectivity index (χ2n) is 15.9. The zero-order valence-electron chi connectivity index (χ0n) is 33.8. The Kier molecular flexibility index (Phi) is 14.7. The molecule has 2 aromatic heterocycles. The van der Waals surface area contributed by atoms with Crippen LogP contribution in [0.15, 0.2) is 60.9 Å². The summed E-state index contributed by atoms with van der Waals surface area (Å²) in [6.07, 6.45) is 1.26. The van der Waals surface area contributed by atoms with Gasteiger partial charge >= 0.3 is 11.9 Å². The molecule has 1 saturated heterocycles. The van der Waals surface area contributed by atoms with Crippen molar-refractivity contribution in [2.45, 2.75) is 102 Å². The minimum Gasteiger partial charge on any atom is -0.481 e. The molecule has 1 fully saturated rings. The van der Waals surface area contributed by atoms with Crippen LogP contribution in [0.5, 0.6) is 0 Å². The molecule has 0 radical (unpaired) electrons. The lowest BCUT2D eigenvalue weighted by Gasteiger charge is -2.29. The Balaban J connectivity index is 1.59. The van der Waals surface area contributed by atoms with Gasteiger partial charge in [0.05, 0.1) is 12.8 Å². The normalized spacial score (nSPS) is 22.6. The van der Waals surface area contributed by atoms with Gasteiger partial charge in [-0.05, 0) is 47.9 Å². The molecule has 6 atom stereocenters. The summed E-state index contributed by atoms with van der Waals surface area (Å²) in [6.45, 7) is 7.22. The molecule has 3 heterocycles. The Hall–Kier alpha value is -6.72. The minimum atomic E-state index is -1.78. The fourth-order valence-electron chi connectivity index (χ4n) is 7.27. The van der Waals surface area contributed by atoms with Gasteiger partial charge in [-0.25, -0.2) is 0 Å². The van der Waals surface area contributed by atoms with Crippen molar-refractivity contribution in [3.8, 4) is 0 Å². The monoisotopic (exact) mass is 828 g/mol. The molecule has 4 aromatic rings. The Morgan fingerprint density at radius 2 is 0.783 bits per heavy atom. The average Bonchev–Trinajstić information content (AvgIpc) is 3.78. The van der Waals surface area contributed by atoms with Gasteiger partial charge in [-0.1, -0.05) is 64.1 Å². The number of amides is 6. The lowest BCUT2D eigenvalue weighted by Crippen LogP contribution is -2.62. The highest BCUT2D eigenvalue weighted by Gasteiger charge is 2.37. The second kappa shape index (κ2) is 19.8. The third kappa shape index (κ3) is 11.7. The number of carboxylic acid groups (broad SMARTS) is 2. The molecule has 18 nitrogen and oxygen atoms in total. The molecule has 0 unspecified atom stereocenters. The number of benzene rings is 2. The molecule has 0 spiro atoms. The van der Waals surface area contributed by atoms with Gasteiger partial charge in [-0.2, -0.15) is 0 Å². The van der Waals surface area contributed by atoms with E-state index in [1.54, 1.807) is 56.6 Å². The van der Waals surface area contributed by atoms with Crippen molar-refractivity contribution in [3.63, 3.8) is 0 Å². The highest BCUT2D eigenvalue weighted by molar-refractivity contribution is 6.00. The minimum absolute atomic E-state index is 0.0666. The largest absolute Gasteiger partial charge is 0.481 e. The molecular formula is C42H52N8O10. The third-order valence-electron chi connectivity index (χ3n) is 10.2. The SMILES string of the molecule is CC(C)C[C@@H]1NC(=O)[C@@H](CC(C)C)NC(=O)[C@H](CC(=O)O)NC(=O)[C@H](Cc2c[nH]c3ccccc23)NC(=O)[C@@H](CC(=O)O)NC(=O)[C@@H](Cc2c[nH]c3ccccc23)NC1=O. The van der Waals surface area contributed by atoms with Crippen LogP contribution in [0.2, 0.25) is 0 Å². The lowest BCUT2D eigenvalue weighted by molar-refractivity contribution is -0.142. The summed E-state index contributed by atoms with van der Waals surface area (Å²) < 4.78 is 0. The first-order chi connectivity index (χ1) is 28.5. The molecule has 18 heteroatoms. The Morgan fingerprint density at radius 3 is 1.13 bits per heavy atom. The summed E-state index contributed by atoms with van der Waals surface area (Å²) in [5, 5.41) is 36.5. The molecule has 0 aliphatic carbocycles. The lowest BCUT2D eigenvalue weighted by atomic mass is 9.98. The number of hydrogen-bond donors (Lipinski definition) is 10. The van der Waals surface area contributed by atoms with Crippen molar-refractivity contribution in [3.05, 3.63) is 72.1 Å². The maximum absolute atomic E-state index is 14.3. The molecule has 5 rings (SSSR count). The molecule has 60 heavy (non-hydrogen) atoms. The van der Waals surface area contributed by atoms with E-state index in [1.807, 2.05) is 32.0 Å². The summed E-state index contributed by atoms with van der Waals surface area (Å²) >= 11 is 0. The number of para-hydroxylation sites is 2. The average molecular weight is 829 g/mol. The number of aromatic nitrogens is 2. The fraction of sp³-hybridized carbons (Fsp3) is 0.429. The van der Waals surface area contributed by atoms with Crippen LogP contribution in [-0.4, -0.2) is 104 Å². The van der Waals surface area contributed by atoms with Gasteiger partial charge in [0.2, 0.25) is 35.4 Å². The number of aliphatic carboxylic acids is 2. The fourth-order valence-corrected chi connectivity index (χ4v) is 7.27. The number of fused-ring (bicyclic) bond motifs is 2. The van der Waals surface area contributed by atoms with E-state index in [9.17, 15) is 48.6 Å². The summed E-state index contributed by atoms with van der Waals surface area (Å²) in [5.74, 6) is -8.80. The summed E-state index contributed by atoms with van der Waals surface area (Å²) in [5.41, 5.74) is 2.60. The van der Waals surface area contributed by atoms with Crippen LogP contribution < -0.4 is 31.9 Å². The van der Waals surface area contributed by atoms with Crippen molar-refractivity contribution in [2.75, 3.05) is 0 Å². The predicted octanol–water partition coefficient (Wildman–Crippen LogP) is 1.40. The number of H-pyrrole nitrogens is 2. The zero-order chi connectivity index (χ0) is 43.7. The zero-order valence-corrected chi connectivity index (χ0v) is 33.8. The molecule has 6 amide bonds. The Labute approximate surface area is 345 Å². The van der Waals surface area contributed by atoms with Crippen LogP contribution in [0.3, 0.4) is 0 Å². The van der Waals surface area contributed by atoms with Gasteiger partial charge in [0.25, 0.3) is 0 Å². The van der Waals surface area contributed by atoms with Gasteiger partial charge in [-0.3, -0.25) is 38.4 Å². The van der Waals surface area contributed by atoms with Crippen LogP contribution in [0.4, 0.5) is 0 Å². The standard InChI is InChI=1S/C42H52N8O10/c1-21(2)13-29-37(55)45-30(14-22(3)4)38(56)47-31(15-23-19-43-27-11-7-5-9-25(23)27)39(57)50-34(18-36(53)54)42(60)48-32(16-24-20-44-28-12-8-6-10-26(24)28)40(58)49-33(17-35(51)52)41(59)46-29/h5-12,19-22,29-34,43-44H,13-18H2,1-4H3,(H,45,55)(H,46,59)(H,47,56)(H,48,60)(H,49,58)(H,50,57)(H,51,52)(H,53,54)/t29-,30+,31-,32+,33+,34-/m1/s1. The van der Waals surface area contributed by atoms with E-state index in [1.165, 1.54) is 0 Å². The number of rotatable bonds is 12. The Morgan fingerprint density at radius 1 is 0.483 bits per heavy atom. The number of carboxylic acids is 2. The van der Waals surface area contributed by atoms with Gasteiger partial charge in [0.15, 0.2) is 0 Å². The van der Waals surface area contributed by atoms with E-state index < -0.39 is 96.5 Å². The molecule has 0 bridgehead atoms. The van der Waals surface area contributed by atoms with Crippen LogP contribution >= 0.6 is 0 Å². The molecule has 1 aliphatic heterocycles.